The first-order valence-corrected chi connectivity index (χ1v) is 7.49. The third kappa shape index (κ3) is 4.20. The van der Waals surface area contributed by atoms with E-state index < -0.39 is 0 Å². The van der Waals surface area contributed by atoms with Crippen LogP contribution in [0.15, 0.2) is 18.5 Å². The summed E-state index contributed by atoms with van der Waals surface area (Å²) in [4.78, 5) is 18.7. The molecule has 1 aromatic rings. The first-order chi connectivity index (χ1) is 9.81. The van der Waals surface area contributed by atoms with Gasteiger partial charge < -0.3 is 15.5 Å². The lowest BCUT2D eigenvalue weighted by atomic mass is 10.2. The molecule has 0 aliphatic carbocycles. The van der Waals surface area contributed by atoms with E-state index in [2.05, 4.69) is 20.5 Å². The van der Waals surface area contributed by atoms with Crippen molar-refractivity contribution < 1.29 is 4.79 Å². The van der Waals surface area contributed by atoms with E-state index in [0.717, 1.165) is 31.7 Å². The molecular formula is C15H24N4O. The molecule has 0 aromatic carbocycles. The number of carbonyl (C=O) groups excluding carboxylic acids is 1. The summed E-state index contributed by atoms with van der Waals surface area (Å²) >= 11 is 0. The monoisotopic (exact) mass is 276 g/mol. The van der Waals surface area contributed by atoms with E-state index in [1.807, 2.05) is 6.92 Å². The number of amides is 1. The van der Waals surface area contributed by atoms with Gasteiger partial charge in [-0.05, 0) is 51.9 Å². The number of rotatable bonds is 7. The molecule has 0 atom stereocenters. The van der Waals surface area contributed by atoms with Crippen LogP contribution in [0.5, 0.6) is 0 Å². The number of aromatic nitrogens is 1. The molecule has 1 aliphatic heterocycles. The maximum Gasteiger partial charge on any atom is 0.253 e. The molecule has 0 radical (unpaired) electrons. The fourth-order valence-electron chi connectivity index (χ4n) is 2.53. The lowest BCUT2D eigenvalue weighted by molar-refractivity contribution is 0.0952. The third-order valence-electron chi connectivity index (χ3n) is 3.57. The van der Waals surface area contributed by atoms with Gasteiger partial charge in [-0.15, -0.1) is 0 Å². The number of likely N-dealkylation sites (tertiary alicyclic amines) is 1. The van der Waals surface area contributed by atoms with E-state index in [9.17, 15) is 4.79 Å². The Morgan fingerprint density at radius 2 is 2.20 bits per heavy atom. The van der Waals surface area contributed by atoms with E-state index >= 15 is 0 Å². The van der Waals surface area contributed by atoms with Crippen molar-refractivity contribution in [3.05, 3.63) is 24.0 Å². The van der Waals surface area contributed by atoms with Crippen molar-refractivity contribution >= 4 is 11.6 Å². The van der Waals surface area contributed by atoms with Gasteiger partial charge in [0.25, 0.3) is 5.91 Å². The third-order valence-corrected chi connectivity index (χ3v) is 3.57. The Kier molecular flexibility index (Phi) is 5.80. The van der Waals surface area contributed by atoms with Gasteiger partial charge in [0.2, 0.25) is 0 Å². The van der Waals surface area contributed by atoms with Gasteiger partial charge in [-0.1, -0.05) is 0 Å². The van der Waals surface area contributed by atoms with Crippen LogP contribution in [0.1, 0.15) is 36.5 Å². The fraction of sp³-hybridized carbons (Fsp3) is 0.600. The van der Waals surface area contributed by atoms with E-state index in [4.69, 9.17) is 0 Å². The minimum Gasteiger partial charge on any atom is -0.383 e. The summed E-state index contributed by atoms with van der Waals surface area (Å²) in [5.74, 6) is -0.0234. The van der Waals surface area contributed by atoms with Crippen LogP contribution in [0.4, 0.5) is 5.69 Å². The molecule has 20 heavy (non-hydrogen) atoms. The zero-order valence-corrected chi connectivity index (χ0v) is 12.2. The second-order valence-electron chi connectivity index (χ2n) is 5.11. The maximum atomic E-state index is 12.1. The smallest absolute Gasteiger partial charge is 0.253 e. The summed E-state index contributed by atoms with van der Waals surface area (Å²) < 4.78 is 0. The van der Waals surface area contributed by atoms with Crippen LogP contribution >= 0.6 is 0 Å². The van der Waals surface area contributed by atoms with Crippen LogP contribution < -0.4 is 10.6 Å². The van der Waals surface area contributed by atoms with E-state index in [1.165, 1.54) is 25.9 Å². The first kappa shape index (κ1) is 14.8. The number of carbonyl (C=O) groups is 1. The molecule has 1 aromatic heterocycles. The average Bonchev–Trinajstić information content (AvgIpc) is 2.97. The molecular weight excluding hydrogens is 252 g/mol. The molecule has 0 saturated carbocycles. The molecule has 2 N–H and O–H groups in total. The van der Waals surface area contributed by atoms with E-state index in [1.54, 1.807) is 18.5 Å². The summed E-state index contributed by atoms with van der Waals surface area (Å²) in [6.45, 7) is 7.01. The van der Waals surface area contributed by atoms with Gasteiger partial charge in [0, 0.05) is 19.3 Å². The number of nitrogens with zero attached hydrogens (tertiary/aromatic N) is 2. The van der Waals surface area contributed by atoms with Crippen molar-refractivity contribution in [3.63, 3.8) is 0 Å². The Morgan fingerprint density at radius 3 is 2.95 bits per heavy atom. The van der Waals surface area contributed by atoms with Crippen molar-refractivity contribution in [1.82, 2.24) is 15.2 Å². The number of nitrogens with one attached hydrogen (secondary N) is 2. The molecule has 2 rings (SSSR count). The lowest BCUT2D eigenvalue weighted by Crippen LogP contribution is -2.29. The standard InChI is InChI=1S/C15H24N4O/c1-2-17-14-12-16-8-6-13(14)15(20)18-7-5-11-19-9-3-4-10-19/h6,8,12,17H,2-5,7,9-11H2,1H3,(H,18,20). The molecule has 0 spiro atoms. The van der Waals surface area contributed by atoms with E-state index in [0.29, 0.717) is 5.56 Å². The number of pyridine rings is 1. The SMILES string of the molecule is CCNc1cnccc1C(=O)NCCCN1CCCC1. The van der Waals surface area contributed by atoms with Gasteiger partial charge in [0.05, 0.1) is 17.4 Å². The Bertz CT molecular complexity index is 430. The van der Waals surface area contributed by atoms with Gasteiger partial charge in [0.15, 0.2) is 0 Å². The van der Waals surface area contributed by atoms with Crippen LogP contribution in [0.25, 0.3) is 0 Å². The highest BCUT2D eigenvalue weighted by Crippen LogP contribution is 2.12. The highest BCUT2D eigenvalue weighted by atomic mass is 16.1. The van der Waals surface area contributed by atoms with Crippen LogP contribution in [0.3, 0.4) is 0 Å². The molecule has 1 saturated heterocycles. The minimum atomic E-state index is -0.0234. The molecule has 110 valence electrons. The second-order valence-corrected chi connectivity index (χ2v) is 5.11. The van der Waals surface area contributed by atoms with Crippen LogP contribution in [-0.4, -0.2) is 48.5 Å². The molecule has 1 aliphatic rings. The van der Waals surface area contributed by atoms with E-state index in [-0.39, 0.29) is 5.91 Å². The zero-order valence-electron chi connectivity index (χ0n) is 12.2. The van der Waals surface area contributed by atoms with Crippen molar-refractivity contribution in [2.24, 2.45) is 0 Å². The predicted molar refractivity (Wildman–Crippen MR) is 81.0 cm³/mol. The molecule has 2 heterocycles. The Labute approximate surface area is 120 Å². The van der Waals surface area contributed by atoms with Gasteiger partial charge >= 0.3 is 0 Å². The summed E-state index contributed by atoms with van der Waals surface area (Å²) in [7, 11) is 0. The summed E-state index contributed by atoms with van der Waals surface area (Å²) in [5, 5.41) is 6.15. The Hall–Kier alpha value is -1.62. The number of hydrogen-bond acceptors (Lipinski definition) is 4. The summed E-state index contributed by atoms with van der Waals surface area (Å²) in [6.07, 6.45) is 6.99. The molecule has 1 fully saturated rings. The highest BCUT2D eigenvalue weighted by molar-refractivity contribution is 5.99. The van der Waals surface area contributed by atoms with Crippen molar-refractivity contribution in [2.75, 3.05) is 38.0 Å². The van der Waals surface area contributed by atoms with Crippen molar-refractivity contribution in [2.45, 2.75) is 26.2 Å². The first-order valence-electron chi connectivity index (χ1n) is 7.49. The maximum absolute atomic E-state index is 12.1. The van der Waals surface area contributed by atoms with Crippen LogP contribution in [0, 0.1) is 0 Å². The zero-order chi connectivity index (χ0) is 14.2. The largest absolute Gasteiger partial charge is 0.383 e. The summed E-state index contributed by atoms with van der Waals surface area (Å²) in [5.41, 5.74) is 1.47. The Morgan fingerprint density at radius 1 is 1.40 bits per heavy atom. The van der Waals surface area contributed by atoms with Crippen molar-refractivity contribution in [3.8, 4) is 0 Å². The molecule has 5 heteroatoms. The number of hydrogen-bond donors (Lipinski definition) is 2. The van der Waals surface area contributed by atoms with Gasteiger partial charge in [-0.2, -0.15) is 0 Å². The molecule has 0 unspecified atom stereocenters. The van der Waals surface area contributed by atoms with Gasteiger partial charge in [-0.3, -0.25) is 9.78 Å². The molecule has 5 nitrogen and oxygen atoms in total. The molecule has 0 bridgehead atoms. The topological polar surface area (TPSA) is 57.3 Å². The van der Waals surface area contributed by atoms with Gasteiger partial charge in [0.1, 0.15) is 0 Å². The lowest BCUT2D eigenvalue weighted by Gasteiger charge is -2.15. The van der Waals surface area contributed by atoms with Crippen LogP contribution in [0.2, 0.25) is 0 Å². The Balaban J connectivity index is 1.76. The fourth-order valence-corrected chi connectivity index (χ4v) is 2.53. The number of anilines is 1. The molecule has 1 amide bonds. The quantitative estimate of drug-likeness (QED) is 0.745. The van der Waals surface area contributed by atoms with Crippen molar-refractivity contribution in [1.29, 1.82) is 0 Å². The van der Waals surface area contributed by atoms with Gasteiger partial charge in [-0.25, -0.2) is 0 Å². The van der Waals surface area contributed by atoms with Crippen LogP contribution in [-0.2, 0) is 0 Å². The second kappa shape index (κ2) is 7.85. The minimum absolute atomic E-state index is 0.0234. The average molecular weight is 276 g/mol. The predicted octanol–water partition coefficient (Wildman–Crippen LogP) is 1.73. The normalized spacial score (nSPS) is 15.2. The summed E-state index contributed by atoms with van der Waals surface area (Å²) in [6, 6.07) is 1.76. The highest BCUT2D eigenvalue weighted by Gasteiger charge is 2.12.